The van der Waals surface area contributed by atoms with E-state index in [9.17, 15) is 0 Å². The Balaban J connectivity index is 2.69. The first-order valence-corrected chi connectivity index (χ1v) is 6.25. The van der Waals surface area contributed by atoms with Gasteiger partial charge in [0.05, 0.1) is 0 Å². The largest absolute Gasteiger partial charge is 0.310 e. The zero-order valence-electron chi connectivity index (χ0n) is 9.88. The molecule has 0 aromatic heterocycles. The second kappa shape index (κ2) is 7.48. The number of allylic oxidation sites excluding steroid dienone is 1. The van der Waals surface area contributed by atoms with Gasteiger partial charge in [-0.2, -0.15) is 0 Å². The van der Waals surface area contributed by atoms with Crippen LogP contribution in [0.1, 0.15) is 37.8 Å². The van der Waals surface area contributed by atoms with E-state index in [4.69, 9.17) is 11.6 Å². The van der Waals surface area contributed by atoms with Crippen molar-refractivity contribution in [3.63, 3.8) is 0 Å². The van der Waals surface area contributed by atoms with Crippen molar-refractivity contribution in [2.24, 2.45) is 0 Å². The van der Waals surface area contributed by atoms with Gasteiger partial charge in [-0.1, -0.05) is 36.7 Å². The molecule has 0 aliphatic heterocycles. The van der Waals surface area contributed by atoms with Gasteiger partial charge in [0.1, 0.15) is 0 Å². The smallest absolute Gasteiger partial charge is 0.0409 e. The van der Waals surface area contributed by atoms with Crippen LogP contribution in [-0.2, 0) is 0 Å². The molecule has 1 atom stereocenters. The van der Waals surface area contributed by atoms with Crippen LogP contribution >= 0.6 is 11.6 Å². The first-order chi connectivity index (χ1) is 7.77. The maximum absolute atomic E-state index is 6.01. The van der Waals surface area contributed by atoms with E-state index in [0.717, 1.165) is 30.8 Å². The third-order valence-corrected chi connectivity index (χ3v) is 2.79. The van der Waals surface area contributed by atoms with Gasteiger partial charge in [0, 0.05) is 11.1 Å². The third-order valence-electron chi connectivity index (χ3n) is 2.55. The summed E-state index contributed by atoms with van der Waals surface area (Å²) in [6.45, 7) is 6.98. The average Bonchev–Trinajstić information content (AvgIpc) is 2.29. The number of hydrogen-bond donors (Lipinski definition) is 1. The summed E-state index contributed by atoms with van der Waals surface area (Å²) in [7, 11) is 0. The molecule has 16 heavy (non-hydrogen) atoms. The summed E-state index contributed by atoms with van der Waals surface area (Å²) in [5.41, 5.74) is 1.27. The Morgan fingerprint density at radius 2 is 2.31 bits per heavy atom. The van der Waals surface area contributed by atoms with Gasteiger partial charge >= 0.3 is 0 Å². The van der Waals surface area contributed by atoms with Crippen molar-refractivity contribution in [1.29, 1.82) is 0 Å². The molecule has 0 saturated carbocycles. The quantitative estimate of drug-likeness (QED) is 0.696. The lowest BCUT2D eigenvalue weighted by Gasteiger charge is -2.18. The fraction of sp³-hybridized carbons (Fsp3) is 0.429. The first kappa shape index (κ1) is 13.3. The van der Waals surface area contributed by atoms with E-state index >= 15 is 0 Å². The normalized spacial score (nSPS) is 12.4. The maximum Gasteiger partial charge on any atom is 0.0409 e. The topological polar surface area (TPSA) is 12.0 Å². The summed E-state index contributed by atoms with van der Waals surface area (Å²) >= 11 is 6.01. The molecule has 88 valence electrons. The Labute approximate surface area is 104 Å². The fourth-order valence-electron chi connectivity index (χ4n) is 1.71. The predicted octanol–water partition coefficient (Wildman–Crippen LogP) is 4.35. The number of benzene rings is 1. The molecular formula is C14H20ClN. The summed E-state index contributed by atoms with van der Waals surface area (Å²) < 4.78 is 0. The monoisotopic (exact) mass is 237 g/mol. The van der Waals surface area contributed by atoms with Crippen LogP contribution in [0.5, 0.6) is 0 Å². The summed E-state index contributed by atoms with van der Waals surface area (Å²) in [6.07, 6.45) is 5.20. The Bertz CT molecular complexity index is 322. The fourth-order valence-corrected chi connectivity index (χ4v) is 1.91. The van der Waals surface area contributed by atoms with Gasteiger partial charge in [0.15, 0.2) is 0 Å². The van der Waals surface area contributed by atoms with Crippen molar-refractivity contribution in [3.05, 3.63) is 47.5 Å². The molecule has 1 rings (SSSR count). The number of nitrogens with one attached hydrogen (secondary N) is 1. The molecule has 2 heteroatoms. The minimum atomic E-state index is 0.386. The molecule has 0 fully saturated rings. The molecule has 1 aromatic rings. The molecule has 0 bridgehead atoms. The lowest BCUT2D eigenvalue weighted by Crippen LogP contribution is -2.21. The standard InChI is InChI=1S/C14H20ClN/c1-3-5-9-14(16-10-4-2)12-7-6-8-13(15)11-12/h3,6-8,11,14,16H,1,4-5,9-10H2,2H3. The SMILES string of the molecule is C=CCCC(NCCC)c1cccc(Cl)c1. The highest BCUT2D eigenvalue weighted by Gasteiger charge is 2.09. The Hall–Kier alpha value is -0.790. The predicted molar refractivity (Wildman–Crippen MR) is 71.9 cm³/mol. The van der Waals surface area contributed by atoms with Gasteiger partial charge in [0.2, 0.25) is 0 Å². The van der Waals surface area contributed by atoms with Gasteiger partial charge in [0.25, 0.3) is 0 Å². The summed E-state index contributed by atoms with van der Waals surface area (Å²) in [5, 5.41) is 4.35. The van der Waals surface area contributed by atoms with Crippen LogP contribution in [0.3, 0.4) is 0 Å². The number of rotatable bonds is 7. The molecular weight excluding hydrogens is 218 g/mol. The van der Waals surface area contributed by atoms with E-state index in [1.165, 1.54) is 5.56 Å². The van der Waals surface area contributed by atoms with Crippen LogP contribution in [0.15, 0.2) is 36.9 Å². The van der Waals surface area contributed by atoms with Crippen LogP contribution in [0.25, 0.3) is 0 Å². The van der Waals surface area contributed by atoms with Crippen molar-refractivity contribution in [2.75, 3.05) is 6.54 Å². The average molecular weight is 238 g/mol. The number of hydrogen-bond acceptors (Lipinski definition) is 1. The van der Waals surface area contributed by atoms with Crippen molar-refractivity contribution >= 4 is 11.6 Å². The van der Waals surface area contributed by atoms with Crippen molar-refractivity contribution in [2.45, 2.75) is 32.2 Å². The van der Waals surface area contributed by atoms with E-state index < -0.39 is 0 Å². The minimum Gasteiger partial charge on any atom is -0.310 e. The molecule has 0 heterocycles. The summed E-state index contributed by atoms with van der Waals surface area (Å²) in [5.74, 6) is 0. The second-order valence-corrected chi connectivity index (χ2v) is 4.36. The maximum atomic E-state index is 6.01. The third kappa shape index (κ3) is 4.38. The molecule has 1 nitrogen and oxygen atoms in total. The molecule has 0 amide bonds. The number of halogens is 1. The first-order valence-electron chi connectivity index (χ1n) is 5.87. The van der Waals surface area contributed by atoms with Crippen molar-refractivity contribution in [1.82, 2.24) is 5.32 Å². The van der Waals surface area contributed by atoms with Crippen molar-refractivity contribution in [3.8, 4) is 0 Å². The molecule has 0 radical (unpaired) electrons. The van der Waals surface area contributed by atoms with E-state index in [1.807, 2.05) is 24.3 Å². The van der Waals surface area contributed by atoms with Crippen molar-refractivity contribution < 1.29 is 0 Å². The molecule has 1 aromatic carbocycles. The van der Waals surface area contributed by atoms with E-state index in [2.05, 4.69) is 24.9 Å². The van der Waals surface area contributed by atoms with Gasteiger partial charge in [-0.3, -0.25) is 0 Å². The molecule has 1 N–H and O–H groups in total. The second-order valence-electron chi connectivity index (χ2n) is 3.93. The van der Waals surface area contributed by atoms with Crippen LogP contribution in [0, 0.1) is 0 Å². The lowest BCUT2D eigenvalue weighted by atomic mass is 10.0. The van der Waals surface area contributed by atoms with Gasteiger partial charge < -0.3 is 5.32 Å². The zero-order valence-corrected chi connectivity index (χ0v) is 10.6. The molecule has 0 saturated heterocycles. The Morgan fingerprint density at radius 3 is 2.94 bits per heavy atom. The van der Waals surface area contributed by atoms with Crippen LogP contribution in [0.2, 0.25) is 5.02 Å². The molecule has 0 spiro atoms. The van der Waals surface area contributed by atoms with Crippen LogP contribution < -0.4 is 5.32 Å². The molecule has 0 aliphatic rings. The van der Waals surface area contributed by atoms with Gasteiger partial charge in [-0.15, -0.1) is 6.58 Å². The Morgan fingerprint density at radius 1 is 1.50 bits per heavy atom. The van der Waals surface area contributed by atoms with Gasteiger partial charge in [-0.05, 0) is 43.5 Å². The molecule has 0 aliphatic carbocycles. The molecule has 1 unspecified atom stereocenters. The highest BCUT2D eigenvalue weighted by molar-refractivity contribution is 6.30. The highest BCUT2D eigenvalue weighted by atomic mass is 35.5. The minimum absolute atomic E-state index is 0.386. The Kier molecular flexibility index (Phi) is 6.20. The van der Waals surface area contributed by atoms with Gasteiger partial charge in [-0.25, -0.2) is 0 Å². The van der Waals surface area contributed by atoms with Crippen LogP contribution in [0.4, 0.5) is 0 Å². The highest BCUT2D eigenvalue weighted by Crippen LogP contribution is 2.21. The zero-order chi connectivity index (χ0) is 11.8. The van der Waals surface area contributed by atoms with E-state index in [0.29, 0.717) is 6.04 Å². The van der Waals surface area contributed by atoms with E-state index in [1.54, 1.807) is 0 Å². The lowest BCUT2D eigenvalue weighted by molar-refractivity contribution is 0.503. The summed E-state index contributed by atoms with van der Waals surface area (Å²) in [4.78, 5) is 0. The van der Waals surface area contributed by atoms with Crippen LogP contribution in [-0.4, -0.2) is 6.54 Å². The van der Waals surface area contributed by atoms with E-state index in [-0.39, 0.29) is 0 Å². The summed E-state index contributed by atoms with van der Waals surface area (Å²) in [6, 6.07) is 8.47.